The summed E-state index contributed by atoms with van der Waals surface area (Å²) in [7, 11) is 1.76. The number of hydrogen-bond donors (Lipinski definition) is 1. The second-order valence-electron chi connectivity index (χ2n) is 4.65. The first kappa shape index (κ1) is 13.8. The van der Waals surface area contributed by atoms with Gasteiger partial charge in [0.1, 0.15) is 5.60 Å². The van der Waals surface area contributed by atoms with E-state index in [4.69, 9.17) is 4.74 Å². The van der Waals surface area contributed by atoms with Gasteiger partial charge in [-0.05, 0) is 45.0 Å². The average molecular weight is 301 g/mol. The van der Waals surface area contributed by atoms with Gasteiger partial charge in [0.15, 0.2) is 0 Å². The molecule has 0 aliphatic rings. The number of ether oxygens (including phenoxy) is 1. The molecule has 0 bridgehead atoms. The minimum absolute atomic E-state index is 0.470. The van der Waals surface area contributed by atoms with E-state index in [1.54, 1.807) is 12.1 Å². The molecular weight excluding hydrogens is 284 g/mol. The maximum atomic E-state index is 11.5. The minimum Gasteiger partial charge on any atom is -0.443 e. The summed E-state index contributed by atoms with van der Waals surface area (Å²) in [6.07, 6.45) is -0.470. The van der Waals surface area contributed by atoms with Gasteiger partial charge in [-0.15, -0.1) is 0 Å². The highest BCUT2D eigenvalue weighted by Gasteiger charge is 2.17. The molecule has 0 fully saturated rings. The number of carbonyl (C=O) groups excluding carboxylic acids is 1. The number of hydrogen-bond acceptors (Lipinski definition) is 3. The van der Waals surface area contributed by atoms with Gasteiger partial charge in [-0.3, -0.25) is 5.01 Å². The lowest BCUT2D eigenvalue weighted by atomic mass is 10.2. The lowest BCUT2D eigenvalue weighted by Crippen LogP contribution is -2.42. The van der Waals surface area contributed by atoms with Crippen molar-refractivity contribution in [2.24, 2.45) is 0 Å². The zero-order chi connectivity index (χ0) is 13.1. The molecule has 1 aromatic carbocycles. The third-order valence-corrected chi connectivity index (χ3v) is 2.40. The Morgan fingerprint density at radius 3 is 2.29 bits per heavy atom. The van der Waals surface area contributed by atoms with Gasteiger partial charge >= 0.3 is 6.09 Å². The van der Waals surface area contributed by atoms with Gasteiger partial charge in [0.25, 0.3) is 0 Å². The summed E-state index contributed by atoms with van der Waals surface area (Å²) in [6.45, 7) is 5.48. The van der Waals surface area contributed by atoms with Gasteiger partial charge < -0.3 is 4.74 Å². The molecule has 1 rings (SSSR count). The minimum atomic E-state index is -0.495. The van der Waals surface area contributed by atoms with Gasteiger partial charge in [-0.25, -0.2) is 10.2 Å². The van der Waals surface area contributed by atoms with Gasteiger partial charge in [0, 0.05) is 11.5 Å². The zero-order valence-electron chi connectivity index (χ0n) is 10.5. The average Bonchev–Trinajstić information content (AvgIpc) is 2.15. The highest BCUT2D eigenvalue weighted by Crippen LogP contribution is 2.16. The third kappa shape index (κ3) is 5.08. The quantitative estimate of drug-likeness (QED) is 0.852. The van der Waals surface area contributed by atoms with E-state index < -0.39 is 11.7 Å². The number of benzene rings is 1. The van der Waals surface area contributed by atoms with Crippen LogP contribution in [0.25, 0.3) is 0 Å². The predicted octanol–water partition coefficient (Wildman–Crippen LogP) is 3.33. The number of amides is 1. The van der Waals surface area contributed by atoms with Gasteiger partial charge in [-0.2, -0.15) is 0 Å². The first-order valence-electron chi connectivity index (χ1n) is 5.27. The molecule has 0 radical (unpaired) electrons. The molecule has 0 unspecified atom stereocenters. The Kier molecular flexibility index (Phi) is 4.40. The molecule has 17 heavy (non-hydrogen) atoms. The summed E-state index contributed by atoms with van der Waals surface area (Å²) in [5.74, 6) is 0. The standard InChI is InChI=1S/C12H17BrN2O2/c1-12(2,3)17-11(16)14-15(4)10-7-5-9(13)6-8-10/h5-8H,1-4H3,(H,14,16). The number of nitrogens with one attached hydrogen (secondary N) is 1. The van der Waals surface area contributed by atoms with E-state index in [1.807, 2.05) is 45.0 Å². The lowest BCUT2D eigenvalue weighted by molar-refractivity contribution is 0.0524. The molecule has 0 atom stereocenters. The van der Waals surface area contributed by atoms with Crippen LogP contribution in [0.3, 0.4) is 0 Å². The SMILES string of the molecule is CN(NC(=O)OC(C)(C)C)c1ccc(Br)cc1. The fraction of sp³-hybridized carbons (Fsp3) is 0.417. The fourth-order valence-electron chi connectivity index (χ4n) is 1.17. The molecule has 1 amide bonds. The summed E-state index contributed by atoms with van der Waals surface area (Å²) in [5, 5.41) is 1.61. The Balaban J connectivity index is 2.57. The van der Waals surface area contributed by atoms with Crippen LogP contribution in [0.1, 0.15) is 20.8 Å². The number of halogens is 1. The lowest BCUT2D eigenvalue weighted by Gasteiger charge is -2.24. The van der Waals surface area contributed by atoms with Crippen molar-refractivity contribution in [3.05, 3.63) is 28.7 Å². The van der Waals surface area contributed by atoms with Crippen molar-refractivity contribution in [3.8, 4) is 0 Å². The van der Waals surface area contributed by atoms with Crippen molar-refractivity contribution in [1.82, 2.24) is 5.43 Å². The number of rotatable bonds is 2. The molecular formula is C12H17BrN2O2. The van der Waals surface area contributed by atoms with Crippen LogP contribution in [0.4, 0.5) is 10.5 Å². The second-order valence-corrected chi connectivity index (χ2v) is 5.56. The van der Waals surface area contributed by atoms with Crippen LogP contribution in [-0.4, -0.2) is 18.7 Å². The molecule has 1 N–H and O–H groups in total. The van der Waals surface area contributed by atoms with Crippen molar-refractivity contribution < 1.29 is 9.53 Å². The molecule has 0 aliphatic heterocycles. The molecule has 0 aliphatic carbocycles. The first-order chi connectivity index (χ1) is 7.78. The predicted molar refractivity (Wildman–Crippen MR) is 71.9 cm³/mol. The van der Waals surface area contributed by atoms with Crippen LogP contribution in [0.5, 0.6) is 0 Å². The maximum absolute atomic E-state index is 11.5. The van der Waals surface area contributed by atoms with E-state index in [0.717, 1.165) is 10.2 Å². The van der Waals surface area contributed by atoms with Crippen molar-refractivity contribution >= 4 is 27.7 Å². The Bertz CT molecular complexity index is 384. The van der Waals surface area contributed by atoms with E-state index in [-0.39, 0.29) is 0 Å². The van der Waals surface area contributed by atoms with E-state index in [2.05, 4.69) is 21.4 Å². The monoisotopic (exact) mass is 300 g/mol. The van der Waals surface area contributed by atoms with E-state index >= 15 is 0 Å². The van der Waals surface area contributed by atoms with Crippen molar-refractivity contribution in [3.63, 3.8) is 0 Å². The summed E-state index contributed by atoms with van der Waals surface area (Å²) in [5.41, 5.74) is 3.01. The molecule has 0 heterocycles. The highest BCUT2D eigenvalue weighted by molar-refractivity contribution is 9.10. The zero-order valence-corrected chi connectivity index (χ0v) is 12.0. The fourth-order valence-corrected chi connectivity index (χ4v) is 1.43. The highest BCUT2D eigenvalue weighted by atomic mass is 79.9. The van der Waals surface area contributed by atoms with Crippen molar-refractivity contribution in [2.75, 3.05) is 12.1 Å². The topological polar surface area (TPSA) is 41.6 Å². The molecule has 0 spiro atoms. The van der Waals surface area contributed by atoms with E-state index in [1.165, 1.54) is 0 Å². The van der Waals surface area contributed by atoms with Crippen molar-refractivity contribution in [1.29, 1.82) is 0 Å². The van der Waals surface area contributed by atoms with Crippen LogP contribution in [0.15, 0.2) is 28.7 Å². The molecule has 5 heteroatoms. The second kappa shape index (κ2) is 5.40. The summed E-state index contributed by atoms with van der Waals surface area (Å²) < 4.78 is 6.15. The van der Waals surface area contributed by atoms with Crippen LogP contribution in [0, 0.1) is 0 Å². The van der Waals surface area contributed by atoms with Crippen LogP contribution >= 0.6 is 15.9 Å². The number of anilines is 1. The molecule has 0 saturated carbocycles. The molecule has 1 aromatic rings. The van der Waals surface area contributed by atoms with Gasteiger partial charge in [-0.1, -0.05) is 15.9 Å². The smallest absolute Gasteiger partial charge is 0.426 e. The number of carbonyl (C=O) groups is 1. The first-order valence-corrected chi connectivity index (χ1v) is 6.06. The Morgan fingerprint density at radius 1 is 1.29 bits per heavy atom. The van der Waals surface area contributed by atoms with E-state index in [9.17, 15) is 4.79 Å². The maximum Gasteiger partial charge on any atom is 0.426 e. The van der Waals surface area contributed by atoms with E-state index in [0.29, 0.717) is 0 Å². The summed E-state index contributed by atoms with van der Waals surface area (Å²) >= 11 is 3.35. The third-order valence-electron chi connectivity index (χ3n) is 1.87. The molecule has 94 valence electrons. The molecule has 4 nitrogen and oxygen atoms in total. The molecule has 0 aromatic heterocycles. The van der Waals surface area contributed by atoms with Gasteiger partial charge in [0.05, 0.1) is 5.69 Å². The van der Waals surface area contributed by atoms with Crippen LogP contribution in [-0.2, 0) is 4.74 Å². The normalized spacial score (nSPS) is 10.9. The Labute approximate surface area is 110 Å². The number of nitrogens with zero attached hydrogens (tertiary/aromatic N) is 1. The van der Waals surface area contributed by atoms with Crippen molar-refractivity contribution in [2.45, 2.75) is 26.4 Å². The van der Waals surface area contributed by atoms with Gasteiger partial charge in [0.2, 0.25) is 0 Å². The number of hydrazine groups is 1. The Morgan fingerprint density at radius 2 is 1.82 bits per heavy atom. The Hall–Kier alpha value is -1.23. The largest absolute Gasteiger partial charge is 0.443 e. The van der Waals surface area contributed by atoms with Crippen LogP contribution in [0.2, 0.25) is 0 Å². The summed E-state index contributed by atoms with van der Waals surface area (Å²) in [4.78, 5) is 11.5. The van der Waals surface area contributed by atoms with Crippen LogP contribution < -0.4 is 10.4 Å². The summed E-state index contributed by atoms with van der Waals surface area (Å²) in [6, 6.07) is 7.59. The molecule has 0 saturated heterocycles.